The van der Waals surface area contributed by atoms with Gasteiger partial charge in [0, 0.05) is 12.0 Å². The third-order valence-electron chi connectivity index (χ3n) is 3.48. The molecule has 0 heterocycles. The number of hydrogen-bond acceptors (Lipinski definition) is 3. The summed E-state index contributed by atoms with van der Waals surface area (Å²) in [6, 6.07) is 0. The summed E-state index contributed by atoms with van der Waals surface area (Å²) in [4.78, 5) is 25.2. The Balaban J connectivity index is 4.29. The Morgan fingerprint density at radius 2 is 1.65 bits per heavy atom. The van der Waals surface area contributed by atoms with Crippen LogP contribution in [0.25, 0.3) is 0 Å². The van der Waals surface area contributed by atoms with Crippen molar-refractivity contribution in [1.82, 2.24) is 4.90 Å². The van der Waals surface area contributed by atoms with E-state index in [0.717, 1.165) is 32.5 Å². The summed E-state index contributed by atoms with van der Waals surface area (Å²) in [6.07, 6.45) is 8.57. The monoisotopic (exact) mass is 279 g/mol. The molecule has 20 heavy (non-hydrogen) atoms. The van der Waals surface area contributed by atoms with Gasteiger partial charge in [0.1, 0.15) is 0 Å². The van der Waals surface area contributed by atoms with Crippen LogP contribution in [0.15, 0.2) is 24.3 Å². The van der Waals surface area contributed by atoms with E-state index in [-0.39, 0.29) is 17.0 Å². The fraction of sp³-hybridized carbons (Fsp3) is 0.647. The highest BCUT2D eigenvalue weighted by Crippen LogP contribution is 2.24. The summed E-state index contributed by atoms with van der Waals surface area (Å²) in [7, 11) is 0. The zero-order chi connectivity index (χ0) is 15.6. The first-order chi connectivity index (χ1) is 9.33. The number of rotatable bonds is 10. The van der Waals surface area contributed by atoms with Crippen LogP contribution >= 0.6 is 0 Å². The second-order valence-corrected chi connectivity index (χ2v) is 5.69. The molecule has 0 unspecified atom stereocenters. The zero-order valence-corrected chi connectivity index (χ0v) is 13.6. The predicted octanol–water partition coefficient (Wildman–Crippen LogP) is 3.41. The van der Waals surface area contributed by atoms with Crippen molar-refractivity contribution in [3.63, 3.8) is 0 Å². The number of likely N-dealkylation sites (N-methyl/N-ethyl adjacent to an activating group) is 1. The van der Waals surface area contributed by atoms with Gasteiger partial charge in [0.15, 0.2) is 11.6 Å². The zero-order valence-electron chi connectivity index (χ0n) is 13.6. The van der Waals surface area contributed by atoms with Crippen molar-refractivity contribution in [1.29, 1.82) is 0 Å². The molecule has 0 aromatic carbocycles. The smallest absolute Gasteiger partial charge is 0.161 e. The maximum absolute atomic E-state index is 12.2. The summed E-state index contributed by atoms with van der Waals surface area (Å²) in [5, 5.41) is 0. The van der Waals surface area contributed by atoms with Crippen molar-refractivity contribution in [3.8, 4) is 0 Å². The molecule has 0 atom stereocenters. The molecule has 0 aliphatic rings. The minimum Gasteiger partial charge on any atom is -0.300 e. The molecule has 0 aromatic heterocycles. The third-order valence-corrected chi connectivity index (χ3v) is 3.48. The van der Waals surface area contributed by atoms with Gasteiger partial charge in [0.05, 0.1) is 0 Å². The average Bonchev–Trinajstić information content (AvgIpc) is 2.39. The van der Waals surface area contributed by atoms with E-state index in [1.807, 2.05) is 26.0 Å². The maximum atomic E-state index is 12.2. The van der Waals surface area contributed by atoms with E-state index in [4.69, 9.17) is 0 Å². The minimum atomic E-state index is -0.374. The Labute approximate surface area is 123 Å². The first kappa shape index (κ1) is 18.8. The van der Waals surface area contributed by atoms with Gasteiger partial charge in [-0.15, -0.1) is 0 Å². The maximum Gasteiger partial charge on any atom is 0.161 e. The molecule has 3 nitrogen and oxygen atoms in total. The molecule has 3 heteroatoms. The topological polar surface area (TPSA) is 37.4 Å². The Morgan fingerprint density at radius 1 is 1.05 bits per heavy atom. The quantitative estimate of drug-likeness (QED) is 0.575. The van der Waals surface area contributed by atoms with Gasteiger partial charge in [-0.3, -0.25) is 9.59 Å². The van der Waals surface area contributed by atoms with Crippen LogP contribution in [0, 0.1) is 5.41 Å². The molecule has 0 aliphatic carbocycles. The Kier molecular flexibility index (Phi) is 9.06. The van der Waals surface area contributed by atoms with Crippen molar-refractivity contribution >= 4 is 11.6 Å². The normalized spacial score (nSPS) is 12.7. The van der Waals surface area contributed by atoms with Gasteiger partial charge in [0.25, 0.3) is 0 Å². The number of carbonyl (C=O) groups is 2. The van der Waals surface area contributed by atoms with Crippen LogP contribution in [-0.4, -0.2) is 36.1 Å². The third kappa shape index (κ3) is 8.05. The van der Waals surface area contributed by atoms with Gasteiger partial charge < -0.3 is 4.90 Å². The largest absolute Gasteiger partial charge is 0.300 e. The number of hydrogen-bond donors (Lipinski definition) is 0. The molecule has 0 aromatic rings. The highest BCUT2D eigenvalue weighted by Gasteiger charge is 2.24. The van der Waals surface area contributed by atoms with Gasteiger partial charge in [-0.1, -0.05) is 39.8 Å². The summed E-state index contributed by atoms with van der Waals surface area (Å²) in [5.41, 5.74) is -0.374. The molecule has 0 saturated carbocycles. The molecule has 0 amide bonds. The fourth-order valence-electron chi connectivity index (χ4n) is 1.83. The SMILES string of the molecule is CCN(CC)C/C=C/C(=O)C(C)(C)CC/C=C/C(C)=O. The molecule has 0 aliphatic heterocycles. The summed E-state index contributed by atoms with van der Waals surface area (Å²) in [5.74, 6) is 0.203. The summed E-state index contributed by atoms with van der Waals surface area (Å²) < 4.78 is 0. The van der Waals surface area contributed by atoms with Crippen molar-refractivity contribution in [2.24, 2.45) is 5.41 Å². The minimum absolute atomic E-state index is 0.0493. The number of allylic oxidation sites excluding steroid dienone is 3. The standard InChI is InChI=1S/C17H29NO2/c1-6-18(7-2)14-10-12-16(20)17(4,5)13-9-8-11-15(3)19/h8,10-12H,6-7,9,13-14H2,1-5H3/b11-8+,12-10+. The molecular formula is C17H29NO2. The first-order valence-corrected chi connectivity index (χ1v) is 7.44. The number of ketones is 2. The van der Waals surface area contributed by atoms with Gasteiger partial charge in [-0.25, -0.2) is 0 Å². The summed E-state index contributed by atoms with van der Waals surface area (Å²) >= 11 is 0. The second kappa shape index (κ2) is 9.65. The molecule has 114 valence electrons. The highest BCUT2D eigenvalue weighted by atomic mass is 16.1. The molecule has 0 bridgehead atoms. The summed E-state index contributed by atoms with van der Waals surface area (Å²) in [6.45, 7) is 12.5. The van der Waals surface area contributed by atoms with Crippen LogP contribution in [0.1, 0.15) is 47.5 Å². The molecule has 0 rings (SSSR count). The highest BCUT2D eigenvalue weighted by molar-refractivity contribution is 5.94. The van der Waals surface area contributed by atoms with Crippen molar-refractivity contribution in [2.75, 3.05) is 19.6 Å². The number of carbonyl (C=O) groups excluding carboxylic acids is 2. The van der Waals surface area contributed by atoms with Crippen LogP contribution in [0.3, 0.4) is 0 Å². The lowest BCUT2D eigenvalue weighted by Crippen LogP contribution is -2.24. The van der Waals surface area contributed by atoms with Crippen LogP contribution in [0.5, 0.6) is 0 Å². The number of nitrogens with zero attached hydrogens (tertiary/aromatic N) is 1. The van der Waals surface area contributed by atoms with Crippen molar-refractivity contribution in [2.45, 2.75) is 47.5 Å². The molecule has 0 fully saturated rings. The lowest BCUT2D eigenvalue weighted by molar-refractivity contribution is -0.122. The Morgan fingerprint density at radius 3 is 2.15 bits per heavy atom. The fourth-order valence-corrected chi connectivity index (χ4v) is 1.83. The molecule has 0 spiro atoms. The second-order valence-electron chi connectivity index (χ2n) is 5.69. The van der Waals surface area contributed by atoms with Crippen LogP contribution < -0.4 is 0 Å². The Bertz CT molecular complexity index is 363. The van der Waals surface area contributed by atoms with E-state index in [0.29, 0.717) is 0 Å². The van der Waals surface area contributed by atoms with Gasteiger partial charge >= 0.3 is 0 Å². The van der Waals surface area contributed by atoms with Crippen molar-refractivity contribution in [3.05, 3.63) is 24.3 Å². The first-order valence-electron chi connectivity index (χ1n) is 7.44. The van der Waals surface area contributed by atoms with Gasteiger partial charge in [0.2, 0.25) is 0 Å². The van der Waals surface area contributed by atoms with Gasteiger partial charge in [-0.2, -0.15) is 0 Å². The molecule has 0 radical (unpaired) electrons. The van der Waals surface area contributed by atoms with E-state index in [9.17, 15) is 9.59 Å². The lowest BCUT2D eigenvalue weighted by Gasteiger charge is -2.20. The molecular weight excluding hydrogens is 250 g/mol. The average molecular weight is 279 g/mol. The Hall–Kier alpha value is -1.22. The van der Waals surface area contributed by atoms with Crippen LogP contribution in [0.2, 0.25) is 0 Å². The predicted molar refractivity (Wildman–Crippen MR) is 84.8 cm³/mol. The van der Waals surface area contributed by atoms with E-state index in [2.05, 4.69) is 18.7 Å². The van der Waals surface area contributed by atoms with E-state index >= 15 is 0 Å². The van der Waals surface area contributed by atoms with Crippen LogP contribution in [0.4, 0.5) is 0 Å². The lowest BCUT2D eigenvalue weighted by atomic mass is 9.83. The van der Waals surface area contributed by atoms with Crippen molar-refractivity contribution < 1.29 is 9.59 Å². The van der Waals surface area contributed by atoms with E-state index < -0.39 is 0 Å². The van der Waals surface area contributed by atoms with Crippen LogP contribution in [-0.2, 0) is 9.59 Å². The van der Waals surface area contributed by atoms with E-state index in [1.54, 1.807) is 12.2 Å². The van der Waals surface area contributed by atoms with E-state index in [1.165, 1.54) is 6.92 Å². The molecule has 0 N–H and O–H groups in total. The van der Waals surface area contributed by atoms with Gasteiger partial charge in [-0.05, 0) is 45.0 Å². The molecule has 0 saturated heterocycles.